The molecule has 0 spiro atoms. The fourth-order valence-corrected chi connectivity index (χ4v) is 3.37. The van der Waals surface area contributed by atoms with E-state index in [2.05, 4.69) is 5.32 Å². The van der Waals surface area contributed by atoms with Gasteiger partial charge in [0, 0.05) is 19.0 Å². The highest BCUT2D eigenvalue weighted by Gasteiger charge is 2.29. The van der Waals surface area contributed by atoms with Crippen LogP contribution in [0.4, 0.5) is 0 Å². The molecule has 0 unspecified atom stereocenters. The Morgan fingerprint density at radius 1 is 1.00 bits per heavy atom. The summed E-state index contributed by atoms with van der Waals surface area (Å²) in [6.07, 6.45) is 2.42. The molecule has 0 aliphatic rings. The SMILES string of the molecule is CC[C@H](C(=O)N[C@@H](C)CC)N(Cc1cccc(OC)c1)C(=O)CCc1ccccc1. The summed E-state index contributed by atoms with van der Waals surface area (Å²) in [6, 6.07) is 17.2. The highest BCUT2D eigenvalue weighted by molar-refractivity contribution is 5.87. The minimum Gasteiger partial charge on any atom is -0.497 e. The van der Waals surface area contributed by atoms with Gasteiger partial charge in [0.1, 0.15) is 11.8 Å². The van der Waals surface area contributed by atoms with E-state index in [9.17, 15) is 9.59 Å². The zero-order chi connectivity index (χ0) is 21.9. The van der Waals surface area contributed by atoms with Gasteiger partial charge in [-0.2, -0.15) is 0 Å². The van der Waals surface area contributed by atoms with Crippen molar-refractivity contribution in [1.29, 1.82) is 0 Å². The summed E-state index contributed by atoms with van der Waals surface area (Å²) >= 11 is 0. The zero-order valence-corrected chi connectivity index (χ0v) is 18.6. The minimum atomic E-state index is -0.506. The van der Waals surface area contributed by atoms with Gasteiger partial charge in [0.2, 0.25) is 11.8 Å². The number of hydrogen-bond donors (Lipinski definition) is 1. The molecule has 2 aromatic carbocycles. The summed E-state index contributed by atoms with van der Waals surface area (Å²) in [6.45, 7) is 6.33. The van der Waals surface area contributed by atoms with Gasteiger partial charge in [-0.3, -0.25) is 9.59 Å². The first kappa shape index (κ1) is 23.5. The number of nitrogens with zero attached hydrogens (tertiary/aromatic N) is 1. The number of carbonyl (C=O) groups excluding carboxylic acids is 2. The van der Waals surface area contributed by atoms with Crippen LogP contribution in [0.1, 0.15) is 51.2 Å². The van der Waals surface area contributed by atoms with Crippen LogP contribution >= 0.6 is 0 Å². The van der Waals surface area contributed by atoms with Crippen molar-refractivity contribution in [3.8, 4) is 5.75 Å². The summed E-state index contributed by atoms with van der Waals surface area (Å²) in [5.41, 5.74) is 2.06. The Bertz CT molecular complexity index is 807. The summed E-state index contributed by atoms with van der Waals surface area (Å²) in [5.74, 6) is 0.622. The maximum Gasteiger partial charge on any atom is 0.243 e. The number of nitrogens with one attached hydrogen (secondary N) is 1. The van der Waals surface area contributed by atoms with E-state index in [1.807, 2.05) is 75.4 Å². The fraction of sp³-hybridized carbons (Fsp3) is 0.440. The van der Waals surface area contributed by atoms with E-state index in [1.54, 1.807) is 12.0 Å². The second kappa shape index (κ2) is 12.0. The topological polar surface area (TPSA) is 58.6 Å². The first-order valence-corrected chi connectivity index (χ1v) is 10.7. The summed E-state index contributed by atoms with van der Waals surface area (Å²) in [7, 11) is 1.62. The van der Waals surface area contributed by atoms with Crippen molar-refractivity contribution in [3.05, 3.63) is 65.7 Å². The van der Waals surface area contributed by atoms with E-state index in [-0.39, 0.29) is 17.9 Å². The van der Waals surface area contributed by atoms with E-state index in [4.69, 9.17) is 4.74 Å². The third-order valence-electron chi connectivity index (χ3n) is 5.34. The highest BCUT2D eigenvalue weighted by Crippen LogP contribution is 2.19. The Hall–Kier alpha value is -2.82. The average molecular weight is 411 g/mol. The summed E-state index contributed by atoms with van der Waals surface area (Å²) < 4.78 is 5.32. The molecule has 0 fully saturated rings. The molecule has 0 bridgehead atoms. The monoisotopic (exact) mass is 410 g/mol. The smallest absolute Gasteiger partial charge is 0.243 e. The van der Waals surface area contributed by atoms with Gasteiger partial charge in [-0.15, -0.1) is 0 Å². The molecule has 2 amide bonds. The quantitative estimate of drug-likeness (QED) is 0.599. The molecule has 30 heavy (non-hydrogen) atoms. The van der Waals surface area contributed by atoms with Crippen LogP contribution in [-0.2, 0) is 22.6 Å². The Balaban J connectivity index is 2.22. The number of carbonyl (C=O) groups is 2. The van der Waals surface area contributed by atoms with Gasteiger partial charge in [-0.25, -0.2) is 0 Å². The number of methoxy groups -OCH3 is 1. The average Bonchev–Trinajstić information content (AvgIpc) is 2.78. The van der Waals surface area contributed by atoms with Crippen molar-refractivity contribution in [3.63, 3.8) is 0 Å². The van der Waals surface area contributed by atoms with Gasteiger partial charge in [0.15, 0.2) is 0 Å². The van der Waals surface area contributed by atoms with Gasteiger partial charge < -0.3 is 15.0 Å². The van der Waals surface area contributed by atoms with Crippen LogP contribution in [0.3, 0.4) is 0 Å². The van der Waals surface area contributed by atoms with Crippen molar-refractivity contribution in [2.24, 2.45) is 0 Å². The number of aryl methyl sites for hydroxylation is 1. The van der Waals surface area contributed by atoms with E-state index in [1.165, 1.54) is 0 Å². The maximum atomic E-state index is 13.3. The molecule has 5 heteroatoms. The Morgan fingerprint density at radius 3 is 2.33 bits per heavy atom. The Labute approximate surface area is 180 Å². The maximum absolute atomic E-state index is 13.3. The predicted octanol–water partition coefficient (Wildman–Crippen LogP) is 4.35. The molecule has 0 radical (unpaired) electrons. The largest absolute Gasteiger partial charge is 0.497 e. The standard InChI is InChI=1S/C25H34N2O3/c1-5-19(3)26-25(29)23(6-2)27(18-21-13-10-14-22(17-21)30-4)24(28)16-15-20-11-8-7-9-12-20/h7-14,17,19,23H,5-6,15-16,18H2,1-4H3,(H,26,29)/t19-,23+/m0/s1. The molecule has 162 valence electrons. The molecule has 2 aromatic rings. The number of hydrogen-bond acceptors (Lipinski definition) is 3. The van der Waals surface area contributed by atoms with Crippen molar-refractivity contribution in [1.82, 2.24) is 10.2 Å². The van der Waals surface area contributed by atoms with Crippen LogP contribution in [0.25, 0.3) is 0 Å². The zero-order valence-electron chi connectivity index (χ0n) is 18.6. The molecule has 5 nitrogen and oxygen atoms in total. The van der Waals surface area contributed by atoms with E-state index in [0.717, 1.165) is 23.3 Å². The Kier molecular flexibility index (Phi) is 9.39. The van der Waals surface area contributed by atoms with E-state index >= 15 is 0 Å². The van der Waals surface area contributed by atoms with Gasteiger partial charge in [0.25, 0.3) is 0 Å². The molecule has 0 aliphatic carbocycles. The van der Waals surface area contributed by atoms with Crippen LogP contribution in [0.2, 0.25) is 0 Å². The summed E-state index contributed by atoms with van der Waals surface area (Å²) in [5, 5.41) is 3.04. The third-order valence-corrected chi connectivity index (χ3v) is 5.34. The highest BCUT2D eigenvalue weighted by atomic mass is 16.5. The minimum absolute atomic E-state index is 0.0205. The lowest BCUT2D eigenvalue weighted by molar-refractivity contribution is -0.141. The lowest BCUT2D eigenvalue weighted by atomic mass is 10.1. The second-order valence-electron chi connectivity index (χ2n) is 7.60. The molecule has 1 N–H and O–H groups in total. The molecular formula is C25H34N2O3. The second-order valence-corrected chi connectivity index (χ2v) is 7.60. The fourth-order valence-electron chi connectivity index (χ4n) is 3.37. The molecule has 0 aliphatic heterocycles. The molecule has 0 aromatic heterocycles. The van der Waals surface area contributed by atoms with Gasteiger partial charge >= 0.3 is 0 Å². The first-order valence-electron chi connectivity index (χ1n) is 10.7. The molecular weight excluding hydrogens is 376 g/mol. The predicted molar refractivity (Wildman–Crippen MR) is 120 cm³/mol. The van der Waals surface area contributed by atoms with Gasteiger partial charge in [0.05, 0.1) is 7.11 Å². The number of ether oxygens (including phenoxy) is 1. The normalized spacial score (nSPS) is 12.7. The molecule has 2 rings (SSSR count). The van der Waals surface area contributed by atoms with Crippen molar-refractivity contribution < 1.29 is 14.3 Å². The number of rotatable bonds is 11. The van der Waals surface area contributed by atoms with Crippen molar-refractivity contribution in [2.45, 2.75) is 65.1 Å². The van der Waals surface area contributed by atoms with E-state index in [0.29, 0.717) is 25.8 Å². The third kappa shape index (κ3) is 6.90. The lowest BCUT2D eigenvalue weighted by Crippen LogP contribution is -2.50. The number of benzene rings is 2. The lowest BCUT2D eigenvalue weighted by Gasteiger charge is -2.31. The van der Waals surface area contributed by atoms with Crippen LogP contribution in [-0.4, -0.2) is 35.9 Å². The summed E-state index contributed by atoms with van der Waals surface area (Å²) in [4.78, 5) is 27.9. The van der Waals surface area contributed by atoms with Gasteiger partial charge in [-0.1, -0.05) is 56.3 Å². The Morgan fingerprint density at radius 2 is 1.70 bits per heavy atom. The van der Waals surface area contributed by atoms with Gasteiger partial charge in [-0.05, 0) is 49.4 Å². The molecule has 0 saturated heterocycles. The first-order chi connectivity index (χ1) is 14.5. The van der Waals surface area contributed by atoms with Crippen LogP contribution in [0.15, 0.2) is 54.6 Å². The van der Waals surface area contributed by atoms with E-state index < -0.39 is 6.04 Å². The number of amides is 2. The van der Waals surface area contributed by atoms with Crippen LogP contribution in [0.5, 0.6) is 5.75 Å². The molecule has 2 atom stereocenters. The molecule has 0 heterocycles. The van der Waals surface area contributed by atoms with Crippen molar-refractivity contribution >= 4 is 11.8 Å². The molecule has 0 saturated carbocycles. The van der Waals surface area contributed by atoms with Crippen LogP contribution < -0.4 is 10.1 Å². The van der Waals surface area contributed by atoms with Crippen molar-refractivity contribution in [2.75, 3.05) is 7.11 Å². The van der Waals surface area contributed by atoms with Crippen LogP contribution in [0, 0.1) is 0 Å².